The number of hydrogen-bond acceptors (Lipinski definition) is 2. The molecule has 0 aliphatic heterocycles. The molecule has 0 saturated heterocycles. The van der Waals surface area contributed by atoms with E-state index in [2.05, 4.69) is 15.8 Å². The zero-order valence-electron chi connectivity index (χ0n) is 6.33. The third-order valence-electron chi connectivity index (χ3n) is 1.43. The summed E-state index contributed by atoms with van der Waals surface area (Å²) in [5.41, 5.74) is 0.0671. The third kappa shape index (κ3) is 1.44. The molecule has 4 heteroatoms. The molecule has 1 atom stereocenters. The standard InChI is InChI=1S/C7H10NOPS/c1-3-6-7(9)8(4-10)5(2)11-6/h3H,2,4,10H2,1H3/b6-3-. The first-order valence-electron chi connectivity index (χ1n) is 3.25. The van der Waals surface area contributed by atoms with Gasteiger partial charge in [-0.25, -0.2) is 0 Å². The number of hydrogen-bond donors (Lipinski definition) is 0. The Morgan fingerprint density at radius 3 is 2.73 bits per heavy atom. The van der Waals surface area contributed by atoms with Gasteiger partial charge < -0.3 is 0 Å². The number of nitrogens with zero attached hydrogens (tertiary/aromatic N) is 1. The Hall–Kier alpha value is -0.400. The lowest BCUT2D eigenvalue weighted by molar-refractivity contribution is 0.838. The molecule has 0 aliphatic rings. The smallest absolute Gasteiger partial charge is 0.268 e. The second kappa shape index (κ2) is 3.33. The Morgan fingerprint density at radius 2 is 2.45 bits per heavy atom. The topological polar surface area (TPSA) is 22.0 Å². The zero-order chi connectivity index (χ0) is 8.43. The van der Waals surface area contributed by atoms with Crippen LogP contribution >= 0.6 is 20.6 Å². The molecule has 0 aromatic carbocycles. The fourth-order valence-electron chi connectivity index (χ4n) is 0.839. The molecule has 60 valence electrons. The van der Waals surface area contributed by atoms with Crippen molar-refractivity contribution < 1.29 is 0 Å². The summed E-state index contributed by atoms with van der Waals surface area (Å²) in [6.45, 7) is 5.63. The fourth-order valence-corrected chi connectivity index (χ4v) is 2.19. The summed E-state index contributed by atoms with van der Waals surface area (Å²) < 4.78 is 3.24. The van der Waals surface area contributed by atoms with E-state index in [0.29, 0.717) is 6.29 Å². The number of thiazole rings is 1. The van der Waals surface area contributed by atoms with Crippen molar-refractivity contribution in [3.05, 3.63) is 19.5 Å². The maximum absolute atomic E-state index is 11.3. The maximum atomic E-state index is 11.3. The van der Waals surface area contributed by atoms with E-state index in [1.807, 2.05) is 13.0 Å². The van der Waals surface area contributed by atoms with Crippen molar-refractivity contribution in [2.24, 2.45) is 0 Å². The minimum Gasteiger partial charge on any atom is -0.296 e. The van der Waals surface area contributed by atoms with Gasteiger partial charge in [-0.3, -0.25) is 9.36 Å². The summed E-state index contributed by atoms with van der Waals surface area (Å²) in [5.74, 6) is 0. The molecule has 0 aliphatic carbocycles. The van der Waals surface area contributed by atoms with Crippen LogP contribution in [0.25, 0.3) is 12.7 Å². The second-order valence-electron chi connectivity index (χ2n) is 2.06. The molecule has 1 unspecified atom stereocenters. The van der Waals surface area contributed by atoms with Crippen molar-refractivity contribution in [1.82, 2.24) is 4.57 Å². The van der Waals surface area contributed by atoms with Crippen molar-refractivity contribution in [3.8, 4) is 0 Å². The minimum absolute atomic E-state index is 0.0671. The van der Waals surface area contributed by atoms with E-state index in [9.17, 15) is 4.79 Å². The van der Waals surface area contributed by atoms with Gasteiger partial charge in [0.05, 0.1) is 9.20 Å². The quantitative estimate of drug-likeness (QED) is 0.565. The second-order valence-corrected chi connectivity index (χ2v) is 3.54. The van der Waals surface area contributed by atoms with Crippen molar-refractivity contribution in [3.63, 3.8) is 0 Å². The molecule has 1 heterocycles. The van der Waals surface area contributed by atoms with Gasteiger partial charge in [-0.2, -0.15) is 0 Å². The summed E-state index contributed by atoms with van der Waals surface area (Å²) in [6, 6.07) is 0. The Morgan fingerprint density at radius 1 is 1.82 bits per heavy atom. The lowest BCUT2D eigenvalue weighted by Crippen LogP contribution is -2.29. The Bertz CT molecular complexity index is 403. The summed E-state index contributed by atoms with van der Waals surface area (Å²) >= 11 is 1.44. The van der Waals surface area contributed by atoms with Gasteiger partial charge in [0.2, 0.25) is 0 Å². The van der Waals surface area contributed by atoms with Gasteiger partial charge >= 0.3 is 0 Å². The van der Waals surface area contributed by atoms with E-state index in [-0.39, 0.29) is 5.56 Å². The van der Waals surface area contributed by atoms with E-state index in [4.69, 9.17) is 0 Å². The number of rotatable bonds is 1. The highest BCUT2D eigenvalue weighted by Crippen LogP contribution is 1.82. The molecule has 0 radical (unpaired) electrons. The summed E-state index contributed by atoms with van der Waals surface area (Å²) in [5, 5.41) is 0. The maximum Gasteiger partial charge on any atom is 0.268 e. The molecule has 1 rings (SSSR count). The largest absolute Gasteiger partial charge is 0.296 e. The van der Waals surface area contributed by atoms with Crippen LogP contribution in [0.3, 0.4) is 0 Å². The van der Waals surface area contributed by atoms with Crippen LogP contribution in [-0.4, -0.2) is 4.57 Å². The lowest BCUT2D eigenvalue weighted by Gasteiger charge is -1.90. The van der Waals surface area contributed by atoms with Crippen LogP contribution in [-0.2, 0) is 6.29 Å². The predicted molar refractivity (Wildman–Crippen MR) is 53.2 cm³/mol. The van der Waals surface area contributed by atoms with Crippen molar-refractivity contribution in [1.29, 1.82) is 0 Å². The normalized spacial score (nSPS) is 12.4. The molecule has 0 fully saturated rings. The molecule has 0 N–H and O–H groups in total. The molecule has 0 amide bonds. The molecular formula is C7H10NOPS. The zero-order valence-corrected chi connectivity index (χ0v) is 8.30. The van der Waals surface area contributed by atoms with E-state index in [1.165, 1.54) is 11.3 Å². The van der Waals surface area contributed by atoms with Crippen LogP contribution in [0.1, 0.15) is 6.92 Å². The van der Waals surface area contributed by atoms with Crippen LogP contribution < -0.4 is 14.8 Å². The first-order valence-corrected chi connectivity index (χ1v) is 4.89. The molecule has 0 spiro atoms. The molecule has 0 bridgehead atoms. The molecular weight excluding hydrogens is 177 g/mol. The highest BCUT2D eigenvalue weighted by molar-refractivity contribution is 7.15. The average molecular weight is 187 g/mol. The van der Waals surface area contributed by atoms with Gasteiger partial charge in [0.25, 0.3) is 5.56 Å². The minimum atomic E-state index is 0.0671. The summed E-state index contributed by atoms with van der Waals surface area (Å²) in [6.07, 6.45) is 2.44. The van der Waals surface area contributed by atoms with Crippen LogP contribution in [0.5, 0.6) is 0 Å². The molecule has 11 heavy (non-hydrogen) atoms. The van der Waals surface area contributed by atoms with Crippen molar-refractivity contribution in [2.75, 3.05) is 0 Å². The highest BCUT2D eigenvalue weighted by atomic mass is 32.1. The van der Waals surface area contributed by atoms with Crippen LogP contribution in [0.2, 0.25) is 0 Å². The van der Waals surface area contributed by atoms with Gasteiger partial charge in [-0.1, -0.05) is 12.7 Å². The van der Waals surface area contributed by atoms with E-state index >= 15 is 0 Å². The molecule has 1 aromatic rings. The molecule has 1 aromatic heterocycles. The van der Waals surface area contributed by atoms with Gasteiger partial charge in [0.15, 0.2) is 0 Å². The SMILES string of the molecule is C=c1s/c(=C\C)c(=O)n1CP. The van der Waals surface area contributed by atoms with Gasteiger partial charge in [-0.15, -0.1) is 20.6 Å². The van der Waals surface area contributed by atoms with Crippen LogP contribution in [0.15, 0.2) is 4.79 Å². The van der Waals surface area contributed by atoms with Gasteiger partial charge in [0, 0.05) is 6.29 Å². The highest BCUT2D eigenvalue weighted by Gasteiger charge is 1.97. The summed E-state index contributed by atoms with van der Waals surface area (Å²) in [7, 11) is 2.51. The fraction of sp³-hybridized carbons (Fsp3) is 0.286. The van der Waals surface area contributed by atoms with E-state index in [0.717, 1.165) is 9.20 Å². The monoisotopic (exact) mass is 187 g/mol. The third-order valence-corrected chi connectivity index (χ3v) is 2.88. The van der Waals surface area contributed by atoms with E-state index < -0.39 is 0 Å². The van der Waals surface area contributed by atoms with Gasteiger partial charge in [0.1, 0.15) is 0 Å². The van der Waals surface area contributed by atoms with Crippen LogP contribution in [0, 0.1) is 0 Å². The van der Waals surface area contributed by atoms with Crippen molar-refractivity contribution in [2.45, 2.75) is 13.2 Å². The van der Waals surface area contributed by atoms with Gasteiger partial charge in [-0.05, 0) is 6.92 Å². The average Bonchev–Trinajstić information content (AvgIpc) is 2.26. The molecule has 2 nitrogen and oxygen atoms in total. The predicted octanol–water partition coefficient (Wildman–Crippen LogP) is -0.0469. The Kier molecular flexibility index (Phi) is 2.63. The van der Waals surface area contributed by atoms with Crippen LogP contribution in [0.4, 0.5) is 0 Å². The first kappa shape index (κ1) is 8.69. The number of aromatic nitrogens is 1. The Balaban J connectivity index is 3.64. The summed E-state index contributed by atoms with van der Waals surface area (Å²) in [4.78, 5) is 11.3. The van der Waals surface area contributed by atoms with E-state index in [1.54, 1.807) is 4.57 Å². The molecule has 0 saturated carbocycles. The van der Waals surface area contributed by atoms with Crippen molar-refractivity contribution >= 4 is 33.2 Å². The Labute approximate surface area is 71.1 Å². The lowest BCUT2D eigenvalue weighted by atomic mass is 10.6. The first-order chi connectivity index (χ1) is 5.20.